The van der Waals surface area contributed by atoms with Crippen LogP contribution in [0.4, 0.5) is 18.9 Å². The van der Waals surface area contributed by atoms with Crippen molar-refractivity contribution in [1.29, 1.82) is 0 Å². The van der Waals surface area contributed by atoms with Gasteiger partial charge in [0.2, 0.25) is 0 Å². The van der Waals surface area contributed by atoms with E-state index in [4.69, 9.17) is 10.5 Å². The monoisotopic (exact) mass is 440 g/mol. The molecule has 1 amide bonds. The zero-order chi connectivity index (χ0) is 23.5. The highest BCUT2D eigenvalue weighted by atomic mass is 19.3. The molecule has 6 nitrogen and oxygen atoms in total. The molecule has 164 valence electrons. The SMILES string of the molecule is BC(B)(B)Oc1ccc(C(=O)Nc2ccc3c(c2)[C@@]2(C3)N=C(N)[C@@](C)(F)CC2(F)F)nc1. The van der Waals surface area contributed by atoms with Crippen LogP contribution in [0.15, 0.2) is 41.5 Å². The van der Waals surface area contributed by atoms with E-state index in [2.05, 4.69) is 15.3 Å². The minimum Gasteiger partial charge on any atom is -0.512 e. The van der Waals surface area contributed by atoms with Gasteiger partial charge < -0.3 is 15.8 Å². The fraction of sp³-hybridized carbons (Fsp3) is 0.350. The molecule has 0 unspecified atom stereocenters. The average Bonchev–Trinajstić information content (AvgIpc) is 2.64. The van der Waals surface area contributed by atoms with Gasteiger partial charge in [0, 0.05) is 17.4 Å². The number of amides is 1. The van der Waals surface area contributed by atoms with Crippen molar-refractivity contribution in [3.05, 3.63) is 53.3 Å². The largest absolute Gasteiger partial charge is 0.512 e. The van der Waals surface area contributed by atoms with Gasteiger partial charge in [-0.2, -0.15) is 0 Å². The molecule has 0 bridgehead atoms. The fourth-order valence-corrected chi connectivity index (χ4v) is 4.06. The number of nitrogens with zero attached hydrogens (tertiary/aromatic N) is 2. The van der Waals surface area contributed by atoms with Crippen LogP contribution in [0.2, 0.25) is 0 Å². The molecular weight excluding hydrogens is 418 g/mol. The number of hydrogen-bond donors (Lipinski definition) is 2. The topological polar surface area (TPSA) is 89.6 Å². The number of pyridine rings is 1. The van der Waals surface area contributed by atoms with Gasteiger partial charge in [-0.05, 0) is 42.3 Å². The Bertz CT molecular complexity index is 1120. The zero-order valence-corrected chi connectivity index (χ0v) is 18.3. The van der Waals surface area contributed by atoms with Crippen LogP contribution in [0.25, 0.3) is 0 Å². The van der Waals surface area contributed by atoms with Gasteiger partial charge in [-0.3, -0.25) is 9.79 Å². The minimum atomic E-state index is -3.42. The number of halogens is 3. The first-order valence-corrected chi connectivity index (χ1v) is 10.2. The summed E-state index contributed by atoms with van der Waals surface area (Å²) in [6.07, 6.45) is 0.357. The van der Waals surface area contributed by atoms with Crippen molar-refractivity contribution in [2.75, 3.05) is 5.32 Å². The molecule has 1 spiro atoms. The van der Waals surface area contributed by atoms with Gasteiger partial charge in [0.1, 0.15) is 40.8 Å². The molecule has 32 heavy (non-hydrogen) atoms. The molecule has 0 saturated heterocycles. The van der Waals surface area contributed by atoms with Gasteiger partial charge in [-0.25, -0.2) is 18.2 Å². The Morgan fingerprint density at radius 1 is 1.22 bits per heavy atom. The molecule has 2 atom stereocenters. The summed E-state index contributed by atoms with van der Waals surface area (Å²) in [5, 5.41) is 2.26. The van der Waals surface area contributed by atoms with E-state index in [-0.39, 0.29) is 17.7 Å². The normalized spacial score (nSPS) is 25.9. The van der Waals surface area contributed by atoms with E-state index in [1.54, 1.807) is 18.2 Å². The van der Waals surface area contributed by atoms with Crippen molar-refractivity contribution in [3.8, 4) is 5.75 Å². The second-order valence-corrected chi connectivity index (χ2v) is 9.53. The van der Waals surface area contributed by atoms with Gasteiger partial charge in [0.25, 0.3) is 11.8 Å². The summed E-state index contributed by atoms with van der Waals surface area (Å²) in [6, 6.07) is 7.86. The van der Waals surface area contributed by atoms with Crippen LogP contribution in [0.3, 0.4) is 0 Å². The van der Waals surface area contributed by atoms with Gasteiger partial charge in [-0.1, -0.05) is 6.07 Å². The van der Waals surface area contributed by atoms with Gasteiger partial charge in [0.05, 0.1) is 12.6 Å². The number of amidine groups is 1. The maximum Gasteiger partial charge on any atom is 0.280 e. The van der Waals surface area contributed by atoms with Crippen molar-refractivity contribution >= 4 is 41.0 Å². The van der Waals surface area contributed by atoms with Crippen molar-refractivity contribution < 1.29 is 22.7 Å². The Kier molecular flexibility index (Phi) is 4.91. The summed E-state index contributed by atoms with van der Waals surface area (Å²) in [7, 11) is 5.69. The second-order valence-electron chi connectivity index (χ2n) is 9.53. The minimum absolute atomic E-state index is 0.0445. The van der Waals surface area contributed by atoms with Gasteiger partial charge >= 0.3 is 0 Å². The number of hydrogen-bond acceptors (Lipinski definition) is 5. The number of alkyl halides is 3. The lowest BCUT2D eigenvalue weighted by atomic mass is 9.52. The zero-order valence-electron chi connectivity index (χ0n) is 18.3. The molecule has 2 aliphatic rings. The van der Waals surface area contributed by atoms with Crippen molar-refractivity contribution in [3.63, 3.8) is 0 Å². The Labute approximate surface area is 186 Å². The maximum absolute atomic E-state index is 15.0. The molecule has 3 N–H and O–H groups in total. The van der Waals surface area contributed by atoms with E-state index in [0.29, 0.717) is 17.0 Å². The van der Waals surface area contributed by atoms with Crippen LogP contribution in [0.5, 0.6) is 5.75 Å². The molecule has 12 heteroatoms. The highest BCUT2D eigenvalue weighted by molar-refractivity contribution is 6.58. The molecule has 1 aromatic heterocycles. The van der Waals surface area contributed by atoms with Crippen LogP contribution < -0.4 is 15.8 Å². The molecule has 1 aliphatic heterocycles. The summed E-state index contributed by atoms with van der Waals surface area (Å²) in [5.74, 6) is -3.84. The molecule has 1 aromatic carbocycles. The Morgan fingerprint density at radius 2 is 1.94 bits per heavy atom. The first-order valence-electron chi connectivity index (χ1n) is 10.2. The standard InChI is InChI=1S/C20H22B3F3N4O2/c1-17(24)9-19(25,26)18(30-16(17)27)7-10-2-3-11(6-13(10)18)29-15(31)14-5-4-12(8-28-14)32-20(21,22)23/h2-6,8H,7,9,21-23H2,1H3,(H2,27,30)(H,29,31)/t17-,18+/m0/s1. The molecule has 0 radical (unpaired) electrons. The van der Waals surface area contributed by atoms with Crippen molar-refractivity contribution in [2.45, 2.75) is 42.2 Å². The van der Waals surface area contributed by atoms with Gasteiger partial charge in [0.15, 0.2) is 11.2 Å². The third kappa shape index (κ3) is 3.76. The first-order chi connectivity index (χ1) is 14.7. The smallest absolute Gasteiger partial charge is 0.280 e. The molecule has 0 fully saturated rings. The average molecular weight is 440 g/mol. The maximum atomic E-state index is 15.0. The van der Waals surface area contributed by atoms with Crippen LogP contribution in [-0.4, -0.2) is 57.2 Å². The molecule has 1 aliphatic carbocycles. The van der Waals surface area contributed by atoms with Crippen LogP contribution in [-0.2, 0) is 12.0 Å². The van der Waals surface area contributed by atoms with Gasteiger partial charge in [-0.15, -0.1) is 0 Å². The molecule has 4 rings (SSSR count). The number of carbonyl (C=O) groups is 1. The third-order valence-electron chi connectivity index (χ3n) is 5.66. The van der Waals surface area contributed by atoms with Crippen LogP contribution in [0.1, 0.15) is 35.0 Å². The summed E-state index contributed by atoms with van der Waals surface area (Å²) >= 11 is 0. The number of rotatable bonds is 4. The molecular formula is C20H22B3F3N4O2. The number of nitrogens with two attached hydrogens (primary N) is 1. The lowest BCUT2D eigenvalue weighted by molar-refractivity contribution is -0.120. The van der Waals surface area contributed by atoms with E-state index in [1.807, 2.05) is 23.5 Å². The highest BCUT2D eigenvalue weighted by Crippen LogP contribution is 2.57. The summed E-state index contributed by atoms with van der Waals surface area (Å²) < 4.78 is 50.0. The van der Waals surface area contributed by atoms with Crippen molar-refractivity contribution in [2.24, 2.45) is 10.7 Å². The number of fused-ring (bicyclic) bond motifs is 2. The van der Waals surface area contributed by atoms with Crippen LogP contribution >= 0.6 is 0 Å². The van der Waals surface area contributed by atoms with Crippen LogP contribution in [0, 0.1) is 0 Å². The quantitative estimate of drug-likeness (QED) is 0.661. The van der Waals surface area contributed by atoms with E-state index >= 15 is 0 Å². The lowest BCUT2D eigenvalue weighted by Crippen LogP contribution is -2.61. The Balaban J connectivity index is 1.57. The van der Waals surface area contributed by atoms with Crippen molar-refractivity contribution in [1.82, 2.24) is 4.98 Å². The second kappa shape index (κ2) is 7.05. The Hall–Kier alpha value is -2.91. The number of ether oxygens (including phenoxy) is 1. The number of aromatic nitrogens is 1. The number of anilines is 1. The number of aliphatic imine (C=N–C) groups is 1. The summed E-state index contributed by atoms with van der Waals surface area (Å²) in [4.78, 5) is 20.6. The number of benzene rings is 1. The number of nitrogens with one attached hydrogen (secondary N) is 1. The first kappa shape index (κ1) is 22.3. The molecule has 0 saturated carbocycles. The Morgan fingerprint density at radius 3 is 2.56 bits per heavy atom. The predicted octanol–water partition coefficient (Wildman–Crippen LogP) is 0.0991. The van der Waals surface area contributed by atoms with E-state index in [1.165, 1.54) is 18.3 Å². The molecule has 2 heterocycles. The predicted molar refractivity (Wildman–Crippen MR) is 124 cm³/mol. The number of carbonyl (C=O) groups excluding carboxylic acids is 1. The van der Waals surface area contributed by atoms with E-state index in [0.717, 1.165) is 6.92 Å². The van der Waals surface area contributed by atoms with E-state index in [9.17, 15) is 18.0 Å². The fourth-order valence-electron chi connectivity index (χ4n) is 4.06. The lowest BCUT2D eigenvalue weighted by Gasteiger charge is -2.50. The third-order valence-corrected chi connectivity index (χ3v) is 5.66. The molecule has 2 aromatic rings. The highest BCUT2D eigenvalue weighted by Gasteiger charge is 2.66. The van der Waals surface area contributed by atoms with E-state index < -0.39 is 40.6 Å². The summed E-state index contributed by atoms with van der Waals surface area (Å²) in [6.45, 7) is 1.01. The summed E-state index contributed by atoms with van der Waals surface area (Å²) in [5.41, 5.74) is 2.73.